The van der Waals surface area contributed by atoms with Gasteiger partial charge in [-0.1, -0.05) is 12.1 Å². The van der Waals surface area contributed by atoms with Gasteiger partial charge in [-0.15, -0.1) is 0 Å². The number of nitrogens with zero attached hydrogens (tertiary/aromatic N) is 1. The molecule has 5 nitrogen and oxygen atoms in total. The Kier molecular flexibility index (Phi) is 4.85. The number of hydrogen-bond donors (Lipinski definition) is 2. The van der Waals surface area contributed by atoms with Crippen LogP contribution in [0.4, 0.5) is 0 Å². The summed E-state index contributed by atoms with van der Waals surface area (Å²) in [6, 6.07) is 7.48. The van der Waals surface area contributed by atoms with E-state index in [1.165, 1.54) is 17.7 Å². The third kappa shape index (κ3) is 3.54. The maximum Gasteiger partial charge on any atom is 0.258 e. The lowest BCUT2D eigenvalue weighted by Crippen LogP contribution is -3.11. The fourth-order valence-corrected chi connectivity index (χ4v) is 3.09. The summed E-state index contributed by atoms with van der Waals surface area (Å²) >= 11 is 0. The highest BCUT2D eigenvalue weighted by atomic mass is 16.5. The Morgan fingerprint density at radius 1 is 1.36 bits per heavy atom. The first-order valence-corrected chi connectivity index (χ1v) is 8.19. The van der Waals surface area contributed by atoms with Crippen molar-refractivity contribution in [3.63, 3.8) is 0 Å². The van der Waals surface area contributed by atoms with Crippen molar-refractivity contribution in [3.8, 4) is 0 Å². The van der Waals surface area contributed by atoms with Crippen molar-refractivity contribution in [1.82, 2.24) is 9.97 Å². The van der Waals surface area contributed by atoms with E-state index in [0.717, 1.165) is 44.0 Å². The zero-order valence-corrected chi connectivity index (χ0v) is 13.1. The van der Waals surface area contributed by atoms with Gasteiger partial charge in [0.05, 0.1) is 17.4 Å². The lowest BCUT2D eigenvalue weighted by molar-refractivity contribution is -0.916. The second-order valence-corrected chi connectivity index (χ2v) is 6.00. The van der Waals surface area contributed by atoms with Crippen LogP contribution in [0.15, 0.2) is 29.1 Å². The van der Waals surface area contributed by atoms with E-state index in [1.54, 1.807) is 0 Å². The van der Waals surface area contributed by atoms with Crippen LogP contribution >= 0.6 is 0 Å². The minimum Gasteiger partial charge on any atom is -0.372 e. The SMILES string of the molecule is CC[NH+](Cc1nc2ccccc2c(=O)[nH]1)C[C@@H]1CCCCO1. The zero-order valence-electron chi connectivity index (χ0n) is 13.1. The number of likely N-dealkylation sites (N-methyl/N-ethyl adjacent to an activating group) is 1. The van der Waals surface area contributed by atoms with Crippen LogP contribution in [-0.4, -0.2) is 35.8 Å². The van der Waals surface area contributed by atoms with E-state index in [9.17, 15) is 4.79 Å². The number of fused-ring (bicyclic) bond motifs is 1. The van der Waals surface area contributed by atoms with Crippen LogP contribution in [0.1, 0.15) is 32.0 Å². The molecule has 1 aromatic carbocycles. The Labute approximate surface area is 130 Å². The summed E-state index contributed by atoms with van der Waals surface area (Å²) in [5.41, 5.74) is 0.718. The summed E-state index contributed by atoms with van der Waals surface area (Å²) < 4.78 is 5.83. The van der Waals surface area contributed by atoms with Gasteiger partial charge in [0.15, 0.2) is 5.82 Å². The highest BCUT2D eigenvalue weighted by Crippen LogP contribution is 2.11. The fourth-order valence-electron chi connectivity index (χ4n) is 3.09. The predicted molar refractivity (Wildman–Crippen MR) is 86.0 cm³/mol. The van der Waals surface area contributed by atoms with Gasteiger partial charge < -0.3 is 14.6 Å². The third-order valence-electron chi connectivity index (χ3n) is 4.37. The molecule has 1 aromatic heterocycles. The molecule has 1 aliphatic rings. The Morgan fingerprint density at radius 3 is 3.00 bits per heavy atom. The number of nitrogens with one attached hydrogen (secondary N) is 2. The maximum atomic E-state index is 12.1. The van der Waals surface area contributed by atoms with Gasteiger partial charge in [-0.3, -0.25) is 4.79 Å². The van der Waals surface area contributed by atoms with Crippen molar-refractivity contribution >= 4 is 10.9 Å². The largest absolute Gasteiger partial charge is 0.372 e. The van der Waals surface area contributed by atoms with Gasteiger partial charge in [0.25, 0.3) is 5.56 Å². The van der Waals surface area contributed by atoms with Crippen LogP contribution in [0.5, 0.6) is 0 Å². The average molecular weight is 302 g/mol. The van der Waals surface area contributed by atoms with Crippen LogP contribution in [0, 0.1) is 0 Å². The summed E-state index contributed by atoms with van der Waals surface area (Å²) in [4.78, 5) is 21.0. The van der Waals surface area contributed by atoms with Gasteiger partial charge in [0, 0.05) is 6.61 Å². The van der Waals surface area contributed by atoms with Gasteiger partial charge in [0.2, 0.25) is 0 Å². The van der Waals surface area contributed by atoms with Gasteiger partial charge >= 0.3 is 0 Å². The number of hydrogen-bond acceptors (Lipinski definition) is 3. The van der Waals surface area contributed by atoms with E-state index in [2.05, 4.69) is 16.9 Å². The summed E-state index contributed by atoms with van der Waals surface area (Å²) in [7, 11) is 0. The molecule has 2 heterocycles. The lowest BCUT2D eigenvalue weighted by atomic mass is 10.1. The van der Waals surface area contributed by atoms with Gasteiger partial charge in [-0.05, 0) is 38.3 Å². The van der Waals surface area contributed by atoms with Crippen molar-refractivity contribution in [2.75, 3.05) is 19.7 Å². The molecule has 1 fully saturated rings. The van der Waals surface area contributed by atoms with E-state index in [0.29, 0.717) is 11.5 Å². The first-order chi connectivity index (χ1) is 10.8. The molecule has 2 aromatic rings. The summed E-state index contributed by atoms with van der Waals surface area (Å²) in [6.45, 7) is 5.75. The summed E-state index contributed by atoms with van der Waals surface area (Å²) in [5.74, 6) is 0.761. The Morgan fingerprint density at radius 2 is 2.23 bits per heavy atom. The molecule has 0 bridgehead atoms. The molecule has 2 N–H and O–H groups in total. The highest BCUT2D eigenvalue weighted by Gasteiger charge is 2.20. The van der Waals surface area contributed by atoms with Crippen LogP contribution in [0.25, 0.3) is 10.9 Å². The predicted octanol–water partition coefficient (Wildman–Crippen LogP) is 0.897. The number of rotatable bonds is 5. The number of benzene rings is 1. The lowest BCUT2D eigenvalue weighted by Gasteiger charge is -2.26. The molecule has 0 aliphatic carbocycles. The third-order valence-corrected chi connectivity index (χ3v) is 4.37. The number of quaternary nitrogens is 1. The van der Waals surface area contributed by atoms with Crippen LogP contribution in [-0.2, 0) is 11.3 Å². The molecule has 0 amide bonds. The van der Waals surface area contributed by atoms with Crippen molar-refractivity contribution < 1.29 is 9.64 Å². The van der Waals surface area contributed by atoms with E-state index in [1.807, 2.05) is 24.3 Å². The Hall–Kier alpha value is -1.72. The van der Waals surface area contributed by atoms with Gasteiger partial charge in [-0.25, -0.2) is 4.98 Å². The van der Waals surface area contributed by atoms with E-state index in [-0.39, 0.29) is 5.56 Å². The molecule has 1 aliphatic heterocycles. The number of aromatic nitrogens is 2. The molecule has 1 saturated heterocycles. The van der Waals surface area contributed by atoms with E-state index in [4.69, 9.17) is 4.74 Å². The second-order valence-electron chi connectivity index (χ2n) is 6.00. The van der Waals surface area contributed by atoms with Crippen LogP contribution in [0.2, 0.25) is 0 Å². The second kappa shape index (κ2) is 7.03. The molecule has 22 heavy (non-hydrogen) atoms. The van der Waals surface area contributed by atoms with E-state index >= 15 is 0 Å². The van der Waals surface area contributed by atoms with Crippen molar-refractivity contribution in [3.05, 3.63) is 40.4 Å². The molecule has 0 spiro atoms. The molecule has 118 valence electrons. The highest BCUT2D eigenvalue weighted by molar-refractivity contribution is 5.77. The maximum absolute atomic E-state index is 12.1. The van der Waals surface area contributed by atoms with Gasteiger partial charge in [0.1, 0.15) is 19.2 Å². The van der Waals surface area contributed by atoms with E-state index < -0.39 is 0 Å². The van der Waals surface area contributed by atoms with Crippen LogP contribution < -0.4 is 10.5 Å². The van der Waals surface area contributed by atoms with Gasteiger partial charge in [-0.2, -0.15) is 0 Å². The first kappa shape index (κ1) is 15.2. The normalized spacial score (nSPS) is 20.1. The quantitative estimate of drug-likeness (QED) is 0.862. The summed E-state index contributed by atoms with van der Waals surface area (Å²) in [5, 5.41) is 0.653. The Bertz CT molecular complexity index is 677. The van der Waals surface area contributed by atoms with Crippen molar-refractivity contribution in [2.24, 2.45) is 0 Å². The minimum atomic E-state index is -0.0510. The smallest absolute Gasteiger partial charge is 0.258 e. The molecular weight excluding hydrogens is 278 g/mol. The molecule has 1 unspecified atom stereocenters. The molecule has 0 radical (unpaired) electrons. The standard InChI is InChI=1S/C17H23N3O2/c1-2-20(11-13-7-5-6-10-22-13)12-16-18-15-9-4-3-8-14(15)17(21)19-16/h3-4,8-9,13H,2,5-7,10-12H2,1H3,(H,18,19,21)/p+1/t13-/m0/s1. The molecular formula is C17H24N3O2+. The molecule has 2 atom stereocenters. The minimum absolute atomic E-state index is 0.0510. The number of para-hydroxylation sites is 1. The molecule has 5 heteroatoms. The van der Waals surface area contributed by atoms with Crippen molar-refractivity contribution in [1.29, 1.82) is 0 Å². The topological polar surface area (TPSA) is 59.4 Å². The monoisotopic (exact) mass is 302 g/mol. The van der Waals surface area contributed by atoms with Crippen LogP contribution in [0.3, 0.4) is 0 Å². The fraction of sp³-hybridized carbons (Fsp3) is 0.529. The number of aromatic amines is 1. The average Bonchev–Trinajstić information content (AvgIpc) is 2.55. The summed E-state index contributed by atoms with van der Waals surface area (Å²) in [6.07, 6.45) is 3.92. The Balaban J connectivity index is 1.74. The molecule has 3 rings (SSSR count). The number of ether oxygens (including phenoxy) is 1. The molecule has 0 saturated carbocycles. The zero-order chi connectivity index (χ0) is 15.4. The van der Waals surface area contributed by atoms with Crippen molar-refractivity contribution in [2.45, 2.75) is 38.8 Å². The number of H-pyrrole nitrogens is 1. The first-order valence-electron chi connectivity index (χ1n) is 8.19.